The number of likely N-dealkylation sites (tertiary alicyclic amines) is 1. The number of halogens is 6. The first kappa shape index (κ1) is 65.5. The smallest absolute Gasteiger partial charge is 0.416 e. The predicted molar refractivity (Wildman–Crippen MR) is 251 cm³/mol. The van der Waals surface area contributed by atoms with Crippen LogP contribution in [0.5, 0.6) is 0 Å². The van der Waals surface area contributed by atoms with Gasteiger partial charge in [0.15, 0.2) is 0 Å². The van der Waals surface area contributed by atoms with Crippen molar-refractivity contribution >= 4 is 71.1 Å². The molecular weight excluding hydrogens is 1050 g/mol. The molecule has 0 radical (unpaired) electrons. The summed E-state index contributed by atoms with van der Waals surface area (Å²) < 4.78 is 81.7. The highest BCUT2D eigenvalue weighted by Crippen LogP contribution is 2.36. The molecule has 25 nitrogen and oxygen atoms in total. The molecule has 8 atom stereocenters. The van der Waals surface area contributed by atoms with Crippen LogP contribution in [0.4, 0.5) is 26.3 Å². The molecular formula is C46H63F6N9O16. The number of carbonyl (C=O) groups is 12. The number of rotatable bonds is 26. The Labute approximate surface area is 435 Å². The number of alkyl halides is 6. The van der Waals surface area contributed by atoms with Crippen LogP contribution in [0.3, 0.4) is 0 Å². The number of amides is 9. The number of benzene rings is 1. The molecule has 0 saturated carbocycles. The van der Waals surface area contributed by atoms with Crippen LogP contribution in [-0.2, 0) is 65.1 Å². The number of aliphatic hydroxyl groups excluding tert-OH is 1. The Morgan fingerprint density at radius 3 is 1.53 bits per heavy atom. The van der Waals surface area contributed by atoms with Crippen molar-refractivity contribution in [1.29, 1.82) is 0 Å². The summed E-state index contributed by atoms with van der Waals surface area (Å²) in [5.74, 6) is -17.0. The normalized spacial score (nSPS) is 16.3. The van der Waals surface area contributed by atoms with Gasteiger partial charge in [-0.3, -0.25) is 63.0 Å². The van der Waals surface area contributed by atoms with E-state index in [-0.39, 0.29) is 44.0 Å². The van der Waals surface area contributed by atoms with Gasteiger partial charge in [0.05, 0.1) is 30.1 Å². The van der Waals surface area contributed by atoms with Gasteiger partial charge in [-0.2, -0.15) is 26.3 Å². The maximum Gasteiger partial charge on any atom is 0.416 e. The molecule has 1 aliphatic rings. The van der Waals surface area contributed by atoms with Gasteiger partial charge in [-0.15, -0.1) is 0 Å². The third kappa shape index (κ3) is 20.1. The largest absolute Gasteiger partial charge is 0.481 e. The number of carbonyl (C=O) groups excluding carboxylic acids is 9. The SMILES string of the molecule is CCCN(NC(=O)[C@@H]1CCCN1C(=O)[C@@H](NC(=O)[C@@H](NC(=O)[C@H](CC(=O)O)NC(=O)[C@H](CCC(=O)O)NC(=O)[C@@H](NC(=O)[C@H](CC(=O)O)NC(C)=O)[C@@H](C)O)C(C)C)C(C)C)C(=O)c1cc(C(F)(F)F)cc(C(F)(F)F)c1. The van der Waals surface area contributed by atoms with Gasteiger partial charge in [-0.05, 0) is 62.6 Å². The van der Waals surface area contributed by atoms with Gasteiger partial charge in [0.1, 0.15) is 42.3 Å². The summed E-state index contributed by atoms with van der Waals surface area (Å²) in [5.41, 5.74) is -2.42. The van der Waals surface area contributed by atoms with Crippen molar-refractivity contribution in [2.75, 3.05) is 13.1 Å². The van der Waals surface area contributed by atoms with Gasteiger partial charge < -0.3 is 57.2 Å². The Morgan fingerprint density at radius 2 is 1.09 bits per heavy atom. The molecule has 1 aromatic carbocycles. The second-order valence-electron chi connectivity index (χ2n) is 18.6. The lowest BCUT2D eigenvalue weighted by Gasteiger charge is -2.33. The van der Waals surface area contributed by atoms with Crippen molar-refractivity contribution in [3.05, 3.63) is 34.9 Å². The van der Waals surface area contributed by atoms with E-state index >= 15 is 0 Å². The van der Waals surface area contributed by atoms with Crippen molar-refractivity contribution in [2.24, 2.45) is 11.8 Å². The summed E-state index contributed by atoms with van der Waals surface area (Å²) in [4.78, 5) is 157. The highest BCUT2D eigenvalue weighted by atomic mass is 19.4. The molecule has 31 heteroatoms. The minimum absolute atomic E-state index is 0.0472. The van der Waals surface area contributed by atoms with E-state index in [4.69, 9.17) is 0 Å². The molecule has 11 N–H and O–H groups in total. The molecule has 0 unspecified atom stereocenters. The van der Waals surface area contributed by atoms with E-state index in [1.54, 1.807) is 0 Å². The number of aliphatic carboxylic acids is 3. The van der Waals surface area contributed by atoms with E-state index in [1.807, 2.05) is 5.32 Å². The summed E-state index contributed by atoms with van der Waals surface area (Å²) in [7, 11) is 0. The van der Waals surface area contributed by atoms with Gasteiger partial charge in [0.2, 0.25) is 41.4 Å². The Morgan fingerprint density at radius 1 is 0.636 bits per heavy atom. The summed E-state index contributed by atoms with van der Waals surface area (Å²) in [6, 6.07) is -12.1. The van der Waals surface area contributed by atoms with Crippen molar-refractivity contribution in [3.63, 3.8) is 0 Å². The zero-order valence-electron chi connectivity index (χ0n) is 42.7. The molecule has 1 aromatic rings. The Hall–Kier alpha value is -7.60. The first-order chi connectivity index (χ1) is 35.5. The van der Waals surface area contributed by atoms with Crippen LogP contribution in [0.2, 0.25) is 0 Å². The van der Waals surface area contributed by atoms with Crippen LogP contribution in [0, 0.1) is 11.8 Å². The van der Waals surface area contributed by atoms with Crippen LogP contribution in [0.15, 0.2) is 18.2 Å². The maximum atomic E-state index is 14.2. The second-order valence-corrected chi connectivity index (χ2v) is 18.6. The van der Waals surface area contributed by atoms with Crippen LogP contribution in [-0.4, -0.2) is 163 Å². The molecule has 1 heterocycles. The number of hydrogen-bond donors (Lipinski definition) is 11. The lowest BCUT2D eigenvalue weighted by atomic mass is 9.98. The molecule has 0 bridgehead atoms. The Kier molecular flexibility index (Phi) is 24.3. The fourth-order valence-corrected chi connectivity index (χ4v) is 7.64. The number of aliphatic hydroxyl groups is 1. The molecule has 430 valence electrons. The minimum Gasteiger partial charge on any atom is -0.481 e. The second kappa shape index (κ2) is 28.5. The fraction of sp³-hybridized carbons (Fsp3) is 0.609. The number of carboxylic acid groups (broad SMARTS) is 3. The van der Waals surface area contributed by atoms with Gasteiger partial charge in [0, 0.05) is 32.0 Å². The van der Waals surface area contributed by atoms with Crippen molar-refractivity contribution in [1.82, 2.24) is 47.2 Å². The maximum absolute atomic E-state index is 14.2. The van der Waals surface area contributed by atoms with Crippen molar-refractivity contribution in [3.8, 4) is 0 Å². The predicted octanol–water partition coefficient (Wildman–Crippen LogP) is 0.0343. The summed E-state index contributed by atoms with van der Waals surface area (Å²) in [5, 5.41) is 52.1. The third-order valence-corrected chi connectivity index (χ3v) is 11.5. The molecule has 77 heavy (non-hydrogen) atoms. The lowest BCUT2D eigenvalue weighted by Crippen LogP contribution is -2.62. The standard InChI is InChI=1S/C46H63F6N9O16/c1-8-13-61(43(76)24-15-25(45(47,48)49)17-26(16-24)46(50,51)52)59-40(73)30-10-9-14-60(30)44(77)35(21(4)5)57-41(74)34(20(2)3)56-39(72)29(19-33(68)69)55-37(70)27(11-12-31(64)65)54-42(75)36(22(6)62)58-38(71)28(18-32(66)67)53-23(7)63/h15-17,20-22,27-30,34-36,62H,8-14,18-19H2,1-7H3,(H,53,63)(H,54,75)(H,55,70)(H,56,72)(H,57,74)(H,58,71)(H,59,73)(H,64,65)(H,66,67)(H,68,69)/t22-,27+,28+,29+,30+,34+,35+,36+/m1/s1. The number of hydrazine groups is 1. The zero-order valence-corrected chi connectivity index (χ0v) is 42.7. The molecule has 0 aliphatic carbocycles. The van der Waals surface area contributed by atoms with Crippen LogP contribution in [0.1, 0.15) is 115 Å². The first-order valence-electron chi connectivity index (χ1n) is 23.8. The number of nitrogens with one attached hydrogen (secondary N) is 7. The van der Waals surface area contributed by atoms with E-state index in [9.17, 15) is 104 Å². The Balaban J connectivity index is 2.38. The number of hydrogen-bond acceptors (Lipinski definition) is 13. The fourth-order valence-electron chi connectivity index (χ4n) is 7.64. The lowest BCUT2D eigenvalue weighted by molar-refractivity contribution is -0.144. The van der Waals surface area contributed by atoms with Crippen molar-refractivity contribution < 1.29 is 104 Å². The molecule has 0 spiro atoms. The topological polar surface area (TPSA) is 376 Å². The molecule has 0 aromatic heterocycles. The van der Waals surface area contributed by atoms with Gasteiger partial charge >= 0.3 is 30.3 Å². The van der Waals surface area contributed by atoms with Gasteiger partial charge in [-0.25, -0.2) is 5.01 Å². The quantitative estimate of drug-likeness (QED) is 0.0431. The highest BCUT2D eigenvalue weighted by Gasteiger charge is 2.43. The van der Waals surface area contributed by atoms with E-state index in [0.29, 0.717) is 5.01 Å². The highest BCUT2D eigenvalue weighted by molar-refractivity contribution is 6.00. The number of carboxylic acids is 3. The average Bonchev–Trinajstić information content (AvgIpc) is 3.80. The van der Waals surface area contributed by atoms with E-state index in [1.165, 1.54) is 34.6 Å². The third-order valence-electron chi connectivity index (χ3n) is 11.5. The molecule has 1 fully saturated rings. The van der Waals surface area contributed by atoms with Crippen LogP contribution >= 0.6 is 0 Å². The van der Waals surface area contributed by atoms with Gasteiger partial charge in [0.25, 0.3) is 11.8 Å². The Bertz CT molecular complexity index is 2340. The molecule has 9 amide bonds. The summed E-state index contributed by atoms with van der Waals surface area (Å²) >= 11 is 0. The average molecular weight is 1110 g/mol. The van der Waals surface area contributed by atoms with Crippen LogP contribution in [0.25, 0.3) is 0 Å². The van der Waals surface area contributed by atoms with Gasteiger partial charge in [-0.1, -0.05) is 34.6 Å². The van der Waals surface area contributed by atoms with E-state index < -0.39 is 193 Å². The number of nitrogens with zero attached hydrogens (tertiary/aromatic N) is 2. The summed E-state index contributed by atoms with van der Waals surface area (Å²) in [6.45, 7) is 8.74. The monoisotopic (exact) mass is 1110 g/mol. The molecule has 1 aliphatic heterocycles. The summed E-state index contributed by atoms with van der Waals surface area (Å²) in [6.07, 6.45) is -16.0. The zero-order chi connectivity index (χ0) is 59.0. The first-order valence-corrected chi connectivity index (χ1v) is 23.8. The molecule has 2 rings (SSSR count). The van der Waals surface area contributed by atoms with Crippen LogP contribution < -0.4 is 37.3 Å². The van der Waals surface area contributed by atoms with E-state index in [2.05, 4.69) is 32.0 Å². The minimum atomic E-state index is -5.29. The van der Waals surface area contributed by atoms with Crippen molar-refractivity contribution in [2.45, 2.75) is 154 Å². The molecule has 1 saturated heterocycles. The van der Waals surface area contributed by atoms with E-state index in [0.717, 1.165) is 18.7 Å².